The van der Waals surface area contributed by atoms with Gasteiger partial charge in [-0.3, -0.25) is 4.90 Å². The summed E-state index contributed by atoms with van der Waals surface area (Å²) >= 11 is 0. The highest BCUT2D eigenvalue weighted by atomic mass is 19.1. The molecule has 7 heteroatoms. The first kappa shape index (κ1) is 17.8. The smallest absolute Gasteiger partial charge is 0.195 e. The van der Waals surface area contributed by atoms with Crippen molar-refractivity contribution in [2.45, 2.75) is 26.4 Å². The Morgan fingerprint density at radius 3 is 2.79 bits per heavy atom. The quantitative estimate of drug-likeness (QED) is 0.529. The van der Waals surface area contributed by atoms with E-state index in [9.17, 15) is 4.39 Å². The average molecular weight is 389 g/mol. The fraction of sp³-hybridized carbons (Fsp3) is 0.227. The highest BCUT2D eigenvalue weighted by molar-refractivity contribution is 5.47. The van der Waals surface area contributed by atoms with Crippen molar-refractivity contribution < 1.29 is 8.81 Å². The van der Waals surface area contributed by atoms with Gasteiger partial charge in [-0.2, -0.15) is 5.10 Å². The number of hydrogen-bond acceptors (Lipinski definition) is 5. The zero-order valence-corrected chi connectivity index (χ0v) is 16.0. The van der Waals surface area contributed by atoms with Gasteiger partial charge in [0.2, 0.25) is 0 Å². The number of aromatic nitrogens is 4. The maximum atomic E-state index is 13.2. The number of rotatable bonds is 4. The summed E-state index contributed by atoms with van der Waals surface area (Å²) in [6.07, 6.45) is 6.30. The van der Waals surface area contributed by atoms with Gasteiger partial charge in [0.25, 0.3) is 0 Å². The lowest BCUT2D eigenvalue weighted by molar-refractivity contribution is 0.242. The molecule has 0 saturated heterocycles. The molecule has 1 aliphatic rings. The molecule has 1 aromatic carbocycles. The van der Waals surface area contributed by atoms with Crippen LogP contribution in [0.3, 0.4) is 0 Å². The first-order valence-corrected chi connectivity index (χ1v) is 9.58. The van der Waals surface area contributed by atoms with Gasteiger partial charge >= 0.3 is 0 Å². The van der Waals surface area contributed by atoms with Crippen LogP contribution in [0.25, 0.3) is 17.3 Å². The molecule has 0 fully saturated rings. The number of hydrogen-bond donors (Lipinski definition) is 0. The summed E-state index contributed by atoms with van der Waals surface area (Å²) in [4.78, 5) is 11.5. The highest BCUT2D eigenvalue weighted by Gasteiger charge is 2.21. The summed E-state index contributed by atoms with van der Waals surface area (Å²) in [6.45, 7) is 4.56. The van der Waals surface area contributed by atoms with Crippen molar-refractivity contribution in [1.29, 1.82) is 0 Å². The molecule has 0 radical (unpaired) electrons. The van der Waals surface area contributed by atoms with E-state index in [-0.39, 0.29) is 5.82 Å². The van der Waals surface area contributed by atoms with Gasteiger partial charge in [0.05, 0.1) is 23.8 Å². The monoisotopic (exact) mass is 389 g/mol. The van der Waals surface area contributed by atoms with Crippen LogP contribution in [-0.2, 0) is 19.5 Å². The van der Waals surface area contributed by atoms with Gasteiger partial charge < -0.3 is 4.42 Å². The number of fused-ring (bicyclic) bond motifs is 1. The molecule has 4 heterocycles. The second-order valence-corrected chi connectivity index (χ2v) is 7.25. The minimum Gasteiger partial charge on any atom is -0.461 e. The molecule has 0 saturated carbocycles. The summed E-state index contributed by atoms with van der Waals surface area (Å²) in [5, 5.41) is 4.50. The van der Waals surface area contributed by atoms with Crippen LogP contribution >= 0.6 is 0 Å². The largest absolute Gasteiger partial charge is 0.461 e. The van der Waals surface area contributed by atoms with E-state index in [2.05, 4.69) is 20.0 Å². The Kier molecular flexibility index (Phi) is 4.44. The predicted molar refractivity (Wildman–Crippen MR) is 106 cm³/mol. The molecule has 1 aliphatic heterocycles. The van der Waals surface area contributed by atoms with Crippen molar-refractivity contribution in [3.8, 4) is 17.3 Å². The Balaban J connectivity index is 1.32. The van der Waals surface area contributed by atoms with Crippen LogP contribution < -0.4 is 0 Å². The lowest BCUT2D eigenvalue weighted by atomic mass is 10.1. The van der Waals surface area contributed by atoms with Crippen LogP contribution in [0, 0.1) is 12.7 Å². The Hall–Kier alpha value is -3.32. The zero-order valence-electron chi connectivity index (χ0n) is 16.0. The van der Waals surface area contributed by atoms with E-state index in [1.54, 1.807) is 18.4 Å². The molecule has 6 nitrogen and oxygen atoms in total. The molecule has 0 unspecified atom stereocenters. The molecule has 0 bridgehead atoms. The van der Waals surface area contributed by atoms with Crippen molar-refractivity contribution in [2.75, 3.05) is 6.54 Å². The highest BCUT2D eigenvalue weighted by Crippen LogP contribution is 2.23. The van der Waals surface area contributed by atoms with Crippen molar-refractivity contribution in [2.24, 2.45) is 0 Å². The van der Waals surface area contributed by atoms with Gasteiger partial charge in [-0.05, 0) is 43.3 Å². The van der Waals surface area contributed by atoms with E-state index >= 15 is 0 Å². The Bertz CT molecular complexity index is 1130. The lowest BCUT2D eigenvalue weighted by Crippen LogP contribution is -2.31. The summed E-state index contributed by atoms with van der Waals surface area (Å²) < 4.78 is 20.4. The fourth-order valence-electron chi connectivity index (χ4n) is 3.72. The standard InChI is InChI=1S/C22H20FN5O/c1-15-16(12-25-28(15)19-6-4-18(23)5-7-19)13-27-9-8-20-17(14-27)11-24-22(26-20)21-3-2-10-29-21/h2-7,10-12H,8-9,13-14H2,1H3. The molecular formula is C22H20FN5O. The Morgan fingerprint density at radius 1 is 1.14 bits per heavy atom. The van der Waals surface area contributed by atoms with Crippen LogP contribution in [0.4, 0.5) is 4.39 Å². The molecule has 5 rings (SSSR count). The molecule has 0 N–H and O–H groups in total. The van der Waals surface area contributed by atoms with Crippen LogP contribution in [0.5, 0.6) is 0 Å². The lowest BCUT2D eigenvalue weighted by Gasteiger charge is -2.27. The number of nitrogens with zero attached hydrogens (tertiary/aromatic N) is 5. The fourth-order valence-corrected chi connectivity index (χ4v) is 3.72. The molecule has 0 spiro atoms. The number of benzene rings is 1. The van der Waals surface area contributed by atoms with Gasteiger partial charge in [-0.15, -0.1) is 0 Å². The molecular weight excluding hydrogens is 369 g/mol. The van der Waals surface area contributed by atoms with Gasteiger partial charge in [0.1, 0.15) is 5.82 Å². The van der Waals surface area contributed by atoms with Crippen LogP contribution in [0.1, 0.15) is 22.5 Å². The van der Waals surface area contributed by atoms with E-state index in [1.807, 2.05) is 36.1 Å². The van der Waals surface area contributed by atoms with E-state index in [0.717, 1.165) is 54.3 Å². The average Bonchev–Trinajstić information content (AvgIpc) is 3.39. The summed E-state index contributed by atoms with van der Waals surface area (Å²) in [6, 6.07) is 10.1. The van der Waals surface area contributed by atoms with E-state index < -0.39 is 0 Å². The molecule has 0 amide bonds. The molecule has 29 heavy (non-hydrogen) atoms. The SMILES string of the molecule is Cc1c(CN2CCc3nc(-c4ccco4)ncc3C2)cnn1-c1ccc(F)cc1. The molecule has 146 valence electrons. The summed E-state index contributed by atoms with van der Waals surface area (Å²) in [5.74, 6) is 1.08. The third-order valence-electron chi connectivity index (χ3n) is 5.33. The maximum absolute atomic E-state index is 13.2. The third kappa shape index (κ3) is 3.45. The number of furan rings is 1. The minimum absolute atomic E-state index is 0.247. The maximum Gasteiger partial charge on any atom is 0.195 e. The topological polar surface area (TPSA) is 60.0 Å². The third-order valence-corrected chi connectivity index (χ3v) is 5.33. The second kappa shape index (κ2) is 7.25. The van der Waals surface area contributed by atoms with Crippen molar-refractivity contribution in [3.63, 3.8) is 0 Å². The van der Waals surface area contributed by atoms with Gasteiger partial charge in [-0.1, -0.05) is 0 Å². The van der Waals surface area contributed by atoms with Gasteiger partial charge in [0.15, 0.2) is 11.6 Å². The van der Waals surface area contributed by atoms with Gasteiger partial charge in [0, 0.05) is 49.1 Å². The van der Waals surface area contributed by atoms with Crippen molar-refractivity contribution in [3.05, 3.63) is 83.4 Å². The zero-order chi connectivity index (χ0) is 19.8. The first-order valence-electron chi connectivity index (χ1n) is 9.58. The number of halogens is 1. The van der Waals surface area contributed by atoms with E-state index in [1.165, 1.54) is 12.1 Å². The van der Waals surface area contributed by atoms with Crippen molar-refractivity contribution in [1.82, 2.24) is 24.6 Å². The van der Waals surface area contributed by atoms with Crippen LogP contribution in [0.15, 0.2) is 59.5 Å². The normalized spacial score (nSPS) is 14.1. The summed E-state index contributed by atoms with van der Waals surface area (Å²) in [5.41, 5.74) is 5.31. The van der Waals surface area contributed by atoms with Crippen molar-refractivity contribution >= 4 is 0 Å². The van der Waals surface area contributed by atoms with E-state index in [4.69, 9.17) is 4.42 Å². The molecule has 3 aromatic heterocycles. The molecule has 0 aliphatic carbocycles. The molecule has 0 atom stereocenters. The van der Waals surface area contributed by atoms with Crippen LogP contribution in [0.2, 0.25) is 0 Å². The minimum atomic E-state index is -0.247. The summed E-state index contributed by atoms with van der Waals surface area (Å²) in [7, 11) is 0. The van der Waals surface area contributed by atoms with Crippen LogP contribution in [-0.4, -0.2) is 31.2 Å². The predicted octanol–water partition coefficient (Wildman–Crippen LogP) is 3.93. The van der Waals surface area contributed by atoms with E-state index in [0.29, 0.717) is 11.6 Å². The Morgan fingerprint density at radius 2 is 2.00 bits per heavy atom. The first-order chi connectivity index (χ1) is 14.2. The van der Waals surface area contributed by atoms with Gasteiger partial charge in [-0.25, -0.2) is 19.0 Å². The second-order valence-electron chi connectivity index (χ2n) is 7.25. The molecule has 4 aromatic rings. The Labute approximate surface area is 167 Å².